The van der Waals surface area contributed by atoms with E-state index >= 15 is 0 Å². The normalized spacial score (nSPS) is 13.8. The van der Waals surface area contributed by atoms with Crippen LogP contribution in [0.25, 0.3) is 0 Å². The Morgan fingerprint density at radius 2 is 1.68 bits per heavy atom. The first kappa shape index (κ1) is 17.8. The smallest absolute Gasteiger partial charge is 0.244 e. The van der Waals surface area contributed by atoms with Crippen LogP contribution in [-0.4, -0.2) is 40.8 Å². The van der Waals surface area contributed by atoms with Crippen molar-refractivity contribution in [2.75, 3.05) is 13.1 Å². The highest BCUT2D eigenvalue weighted by molar-refractivity contribution is 7.80. The Kier molecular flexibility index (Phi) is 7.59. The lowest BCUT2D eigenvalue weighted by Gasteiger charge is -2.26. The van der Waals surface area contributed by atoms with E-state index in [1.165, 1.54) is 0 Å². The molecule has 0 saturated carbocycles. The monoisotopic (exact) mass is 287 g/mol. The predicted octanol–water partition coefficient (Wildman–Crippen LogP) is 0.918. The molecule has 0 saturated heterocycles. The van der Waals surface area contributed by atoms with Gasteiger partial charge in [0.15, 0.2) is 0 Å². The molecule has 0 aliphatic carbocycles. The van der Waals surface area contributed by atoms with Gasteiger partial charge >= 0.3 is 0 Å². The molecule has 6 heteroatoms. The molecule has 2 amide bonds. The van der Waals surface area contributed by atoms with Crippen LogP contribution in [0, 0.1) is 11.8 Å². The Morgan fingerprint density at radius 1 is 1.21 bits per heavy atom. The molecule has 3 N–H and O–H groups in total. The van der Waals surface area contributed by atoms with Gasteiger partial charge in [-0.3, -0.25) is 9.59 Å². The molecule has 5 nitrogen and oxygen atoms in total. The second kappa shape index (κ2) is 8.09. The largest absolute Gasteiger partial charge is 0.393 e. The maximum Gasteiger partial charge on any atom is 0.244 e. The van der Waals surface area contributed by atoms with Crippen molar-refractivity contribution in [1.29, 1.82) is 0 Å². The van der Waals surface area contributed by atoms with E-state index in [-0.39, 0.29) is 22.7 Å². The van der Waals surface area contributed by atoms with Gasteiger partial charge in [0.05, 0.1) is 10.9 Å². The maximum absolute atomic E-state index is 12.1. The van der Waals surface area contributed by atoms with Gasteiger partial charge in [-0.25, -0.2) is 0 Å². The quantitative estimate of drug-likeness (QED) is 0.683. The molecule has 0 radical (unpaired) electrons. The van der Waals surface area contributed by atoms with Gasteiger partial charge in [-0.05, 0) is 26.7 Å². The molecular formula is C13H25N3O2S. The first-order valence-corrected chi connectivity index (χ1v) is 7.05. The lowest BCUT2D eigenvalue weighted by Crippen LogP contribution is -2.50. The Labute approximate surface area is 120 Å². The van der Waals surface area contributed by atoms with Gasteiger partial charge in [0.1, 0.15) is 6.04 Å². The van der Waals surface area contributed by atoms with Gasteiger partial charge in [0.2, 0.25) is 11.8 Å². The fourth-order valence-corrected chi connectivity index (χ4v) is 2.31. The molecule has 0 aromatic carbocycles. The summed E-state index contributed by atoms with van der Waals surface area (Å²) in [5, 5.41) is 2.69. The third-order valence-corrected chi connectivity index (χ3v) is 3.31. The Balaban J connectivity index is 4.71. The second-order valence-corrected chi connectivity index (χ2v) is 5.34. The zero-order valence-electron chi connectivity index (χ0n) is 12.4. The van der Waals surface area contributed by atoms with Gasteiger partial charge in [0, 0.05) is 13.1 Å². The van der Waals surface area contributed by atoms with Crippen molar-refractivity contribution >= 4 is 29.0 Å². The number of rotatable bonds is 7. The molecule has 0 spiro atoms. The van der Waals surface area contributed by atoms with Crippen LogP contribution >= 0.6 is 12.2 Å². The van der Waals surface area contributed by atoms with Crippen LogP contribution in [0.3, 0.4) is 0 Å². The van der Waals surface area contributed by atoms with Gasteiger partial charge < -0.3 is 16.0 Å². The molecule has 0 aromatic heterocycles. The Bertz CT molecular complexity index is 341. The van der Waals surface area contributed by atoms with Crippen molar-refractivity contribution in [3.63, 3.8) is 0 Å². The number of likely N-dealkylation sites (N-methyl/N-ethyl adjacent to an activating group) is 1. The van der Waals surface area contributed by atoms with Gasteiger partial charge in [-0.15, -0.1) is 0 Å². The number of hydrogen-bond acceptors (Lipinski definition) is 3. The summed E-state index contributed by atoms with van der Waals surface area (Å²) < 4.78 is 0. The van der Waals surface area contributed by atoms with E-state index < -0.39 is 12.0 Å². The summed E-state index contributed by atoms with van der Waals surface area (Å²) >= 11 is 4.91. The van der Waals surface area contributed by atoms with E-state index in [1.807, 2.05) is 27.7 Å². The topological polar surface area (TPSA) is 75.4 Å². The summed E-state index contributed by atoms with van der Waals surface area (Å²) in [5.74, 6) is -0.908. The number of carbonyl (C=O) groups excluding carboxylic acids is 2. The van der Waals surface area contributed by atoms with Crippen molar-refractivity contribution in [1.82, 2.24) is 10.2 Å². The number of amides is 2. The third kappa shape index (κ3) is 5.14. The van der Waals surface area contributed by atoms with E-state index in [2.05, 4.69) is 5.32 Å². The number of carbonyl (C=O) groups is 2. The molecule has 19 heavy (non-hydrogen) atoms. The van der Waals surface area contributed by atoms with Crippen molar-refractivity contribution in [3.8, 4) is 0 Å². The molecular weight excluding hydrogens is 262 g/mol. The number of hydrogen-bond donors (Lipinski definition) is 2. The van der Waals surface area contributed by atoms with Gasteiger partial charge in [-0.1, -0.05) is 26.1 Å². The molecule has 0 fully saturated rings. The average Bonchev–Trinajstić information content (AvgIpc) is 2.28. The number of nitrogens with zero attached hydrogens (tertiary/aromatic N) is 1. The Morgan fingerprint density at radius 3 is 2.00 bits per heavy atom. The van der Waals surface area contributed by atoms with Crippen LogP contribution in [0.5, 0.6) is 0 Å². The lowest BCUT2D eigenvalue weighted by molar-refractivity contribution is -0.136. The summed E-state index contributed by atoms with van der Waals surface area (Å²) in [5.41, 5.74) is 5.58. The minimum absolute atomic E-state index is 0.00764. The highest BCUT2D eigenvalue weighted by Crippen LogP contribution is 2.12. The Hall–Kier alpha value is -1.17. The van der Waals surface area contributed by atoms with E-state index in [0.717, 1.165) is 0 Å². The summed E-state index contributed by atoms with van der Waals surface area (Å²) in [4.78, 5) is 26.0. The third-order valence-electron chi connectivity index (χ3n) is 3.06. The van der Waals surface area contributed by atoms with Crippen molar-refractivity contribution < 1.29 is 9.59 Å². The summed E-state index contributed by atoms with van der Waals surface area (Å²) in [7, 11) is 0. The van der Waals surface area contributed by atoms with Crippen LogP contribution in [0.1, 0.15) is 34.6 Å². The number of nitrogens with one attached hydrogen (secondary N) is 1. The predicted molar refractivity (Wildman–Crippen MR) is 80.6 cm³/mol. The fraction of sp³-hybridized carbons (Fsp3) is 0.769. The van der Waals surface area contributed by atoms with Crippen molar-refractivity contribution in [2.45, 2.75) is 40.7 Å². The molecule has 2 unspecified atom stereocenters. The molecule has 0 aliphatic rings. The molecule has 0 aliphatic heterocycles. The zero-order valence-corrected chi connectivity index (χ0v) is 13.2. The van der Waals surface area contributed by atoms with Crippen LogP contribution in [0.2, 0.25) is 0 Å². The van der Waals surface area contributed by atoms with E-state index in [1.54, 1.807) is 11.8 Å². The standard InChI is InChI=1S/C13H25N3O2S/c1-6-16(7-2)13(18)9(5)15-12(17)10(8(3)4)11(14)19/h8-10H,6-7H2,1-5H3,(H2,14,19)(H,15,17). The van der Waals surface area contributed by atoms with Gasteiger partial charge in [-0.2, -0.15) is 0 Å². The molecule has 0 rings (SSSR count). The SMILES string of the molecule is CCN(CC)C(=O)C(C)NC(=O)C(C(N)=S)C(C)C. The minimum atomic E-state index is -0.567. The highest BCUT2D eigenvalue weighted by Gasteiger charge is 2.28. The lowest BCUT2D eigenvalue weighted by atomic mass is 9.94. The minimum Gasteiger partial charge on any atom is -0.393 e. The van der Waals surface area contributed by atoms with Crippen molar-refractivity contribution in [2.24, 2.45) is 17.6 Å². The molecule has 110 valence electrons. The van der Waals surface area contributed by atoms with Crippen LogP contribution < -0.4 is 11.1 Å². The van der Waals surface area contributed by atoms with Crippen LogP contribution in [0.4, 0.5) is 0 Å². The van der Waals surface area contributed by atoms with E-state index in [9.17, 15) is 9.59 Å². The average molecular weight is 287 g/mol. The van der Waals surface area contributed by atoms with E-state index in [4.69, 9.17) is 18.0 Å². The first-order valence-electron chi connectivity index (χ1n) is 6.64. The zero-order chi connectivity index (χ0) is 15.2. The molecule has 2 atom stereocenters. The number of nitrogens with two attached hydrogens (primary N) is 1. The van der Waals surface area contributed by atoms with Crippen LogP contribution in [-0.2, 0) is 9.59 Å². The van der Waals surface area contributed by atoms with E-state index in [0.29, 0.717) is 13.1 Å². The fourth-order valence-electron chi connectivity index (χ4n) is 1.93. The maximum atomic E-state index is 12.1. The van der Waals surface area contributed by atoms with Crippen LogP contribution in [0.15, 0.2) is 0 Å². The molecule has 0 bridgehead atoms. The second-order valence-electron chi connectivity index (χ2n) is 4.86. The van der Waals surface area contributed by atoms with Crippen molar-refractivity contribution in [3.05, 3.63) is 0 Å². The molecule has 0 heterocycles. The first-order chi connectivity index (χ1) is 8.76. The van der Waals surface area contributed by atoms with Gasteiger partial charge in [0.25, 0.3) is 0 Å². The summed E-state index contributed by atoms with van der Waals surface area (Å²) in [6.45, 7) is 10.5. The summed E-state index contributed by atoms with van der Waals surface area (Å²) in [6.07, 6.45) is 0. The molecule has 0 aromatic rings. The summed E-state index contributed by atoms with van der Waals surface area (Å²) in [6, 6.07) is -0.567. The number of thiocarbonyl (C=S) groups is 1. The highest BCUT2D eigenvalue weighted by atomic mass is 32.1.